The van der Waals surface area contributed by atoms with Crippen LogP contribution in [0.5, 0.6) is 0 Å². The number of hydrogen-bond acceptors (Lipinski definition) is 2. The van der Waals surface area contributed by atoms with E-state index in [1.165, 1.54) is 6.20 Å². The quantitative estimate of drug-likeness (QED) is 0.761. The van der Waals surface area contributed by atoms with Gasteiger partial charge in [0.1, 0.15) is 0 Å². The predicted octanol–water partition coefficient (Wildman–Crippen LogP) is 2.65. The van der Waals surface area contributed by atoms with Crippen molar-refractivity contribution in [1.29, 1.82) is 0 Å². The second-order valence-corrected chi connectivity index (χ2v) is 3.13. The summed E-state index contributed by atoms with van der Waals surface area (Å²) in [7, 11) is 0. The Morgan fingerprint density at radius 2 is 2.20 bits per heavy atom. The van der Waals surface area contributed by atoms with E-state index in [4.69, 9.17) is 0 Å². The molecule has 0 aliphatic heterocycles. The van der Waals surface area contributed by atoms with E-state index in [0.29, 0.717) is 15.9 Å². The van der Waals surface area contributed by atoms with E-state index >= 15 is 0 Å². The molecule has 0 aliphatic rings. The Balaban J connectivity index is 2.45. The molecule has 0 amide bonds. The molecule has 0 spiro atoms. The summed E-state index contributed by atoms with van der Waals surface area (Å²) >= 11 is 0. The molecule has 0 N–H and O–H groups in total. The van der Waals surface area contributed by atoms with Crippen LogP contribution < -0.4 is 0 Å². The highest BCUT2D eigenvalue weighted by molar-refractivity contribution is 5.63. The lowest BCUT2D eigenvalue weighted by molar-refractivity contribution is 0.0563. The number of halogens is 2. The largest absolute Gasteiger partial charge is 0.333 e. The van der Waals surface area contributed by atoms with Gasteiger partial charge in [-0.2, -0.15) is 13.9 Å². The van der Waals surface area contributed by atoms with E-state index in [1.807, 2.05) is 6.07 Å². The van der Waals surface area contributed by atoms with Crippen LogP contribution in [-0.2, 0) is 0 Å². The van der Waals surface area contributed by atoms with Crippen molar-refractivity contribution in [3.8, 4) is 11.1 Å². The summed E-state index contributed by atoms with van der Waals surface area (Å²) in [6, 6.07) is 3.57. The average molecular weight is 209 g/mol. The molecule has 0 fully saturated rings. The highest BCUT2D eigenvalue weighted by Crippen LogP contribution is 2.23. The van der Waals surface area contributed by atoms with Crippen LogP contribution in [0.15, 0.2) is 30.7 Å². The third kappa shape index (κ3) is 1.86. The molecule has 2 rings (SSSR count). The molecule has 2 heterocycles. The molecule has 15 heavy (non-hydrogen) atoms. The first kappa shape index (κ1) is 9.76. The van der Waals surface area contributed by atoms with Crippen molar-refractivity contribution in [2.75, 3.05) is 0 Å². The zero-order valence-corrected chi connectivity index (χ0v) is 8.06. The van der Waals surface area contributed by atoms with Crippen molar-refractivity contribution in [3.63, 3.8) is 0 Å². The van der Waals surface area contributed by atoms with Gasteiger partial charge in [0, 0.05) is 29.7 Å². The van der Waals surface area contributed by atoms with Crippen LogP contribution in [0.3, 0.4) is 0 Å². The summed E-state index contributed by atoms with van der Waals surface area (Å²) in [6.07, 6.45) is 4.59. The van der Waals surface area contributed by atoms with Gasteiger partial charge in [0.25, 0.3) is 0 Å². The Bertz CT molecular complexity index is 451. The average Bonchev–Trinajstić information content (AvgIpc) is 2.62. The molecule has 3 nitrogen and oxygen atoms in total. The number of hydrogen-bond donors (Lipinski definition) is 0. The van der Waals surface area contributed by atoms with Crippen LogP contribution in [0, 0.1) is 6.92 Å². The molecule has 2 aromatic rings. The molecule has 78 valence electrons. The molecular formula is C10H9F2N3. The monoisotopic (exact) mass is 209 g/mol. The standard InChI is InChI=1S/C10H9F2N3/c1-7-9(6-15(14-7)10(11)12)8-3-2-4-13-5-8/h2-6,10H,1H3. The topological polar surface area (TPSA) is 30.7 Å². The second-order valence-electron chi connectivity index (χ2n) is 3.13. The normalized spacial score (nSPS) is 10.9. The fourth-order valence-corrected chi connectivity index (χ4v) is 1.39. The maximum Gasteiger partial charge on any atom is 0.333 e. The first-order valence-corrected chi connectivity index (χ1v) is 4.43. The molecule has 0 atom stereocenters. The van der Waals surface area contributed by atoms with Gasteiger partial charge in [0.05, 0.1) is 5.69 Å². The first-order chi connectivity index (χ1) is 7.18. The third-order valence-electron chi connectivity index (χ3n) is 2.09. The number of nitrogens with zero attached hydrogens (tertiary/aromatic N) is 3. The van der Waals surface area contributed by atoms with E-state index in [0.717, 1.165) is 5.56 Å². The van der Waals surface area contributed by atoms with Gasteiger partial charge in [-0.1, -0.05) is 6.07 Å². The SMILES string of the molecule is Cc1nn(C(F)F)cc1-c1cccnc1. The third-order valence-corrected chi connectivity index (χ3v) is 2.09. The number of alkyl halides is 2. The van der Waals surface area contributed by atoms with Crippen LogP contribution in [0.2, 0.25) is 0 Å². The Morgan fingerprint density at radius 1 is 1.40 bits per heavy atom. The zero-order chi connectivity index (χ0) is 10.8. The Labute approximate surface area is 85.4 Å². The highest BCUT2D eigenvalue weighted by Gasteiger charge is 2.12. The van der Waals surface area contributed by atoms with E-state index in [9.17, 15) is 8.78 Å². The van der Waals surface area contributed by atoms with Crippen LogP contribution in [0.4, 0.5) is 8.78 Å². The van der Waals surface area contributed by atoms with Crippen molar-refractivity contribution < 1.29 is 8.78 Å². The second kappa shape index (κ2) is 3.76. The smallest absolute Gasteiger partial charge is 0.264 e. The molecule has 5 heteroatoms. The summed E-state index contributed by atoms with van der Waals surface area (Å²) in [5.74, 6) is 0. The Morgan fingerprint density at radius 3 is 2.73 bits per heavy atom. The van der Waals surface area contributed by atoms with Crippen molar-refractivity contribution in [2.24, 2.45) is 0 Å². The van der Waals surface area contributed by atoms with Gasteiger partial charge in [-0.05, 0) is 13.0 Å². The minimum absolute atomic E-state index is 0.573. The van der Waals surface area contributed by atoms with Crippen molar-refractivity contribution in [1.82, 2.24) is 14.8 Å². The minimum Gasteiger partial charge on any atom is -0.264 e. The van der Waals surface area contributed by atoms with Gasteiger partial charge < -0.3 is 0 Å². The number of aromatic nitrogens is 3. The van der Waals surface area contributed by atoms with Crippen molar-refractivity contribution >= 4 is 0 Å². The summed E-state index contributed by atoms with van der Waals surface area (Å²) in [5, 5.41) is 3.73. The maximum atomic E-state index is 12.4. The van der Waals surface area contributed by atoms with E-state index in [1.54, 1.807) is 25.4 Å². The molecule has 0 unspecified atom stereocenters. The minimum atomic E-state index is -2.60. The van der Waals surface area contributed by atoms with Gasteiger partial charge >= 0.3 is 6.55 Å². The molecule has 0 saturated heterocycles. The van der Waals surface area contributed by atoms with Gasteiger partial charge in [-0.15, -0.1) is 0 Å². The Kier molecular flexibility index (Phi) is 2.45. The lowest BCUT2D eigenvalue weighted by Crippen LogP contribution is -1.97. The summed E-state index contributed by atoms with van der Waals surface area (Å²) in [6.45, 7) is -0.907. The summed E-state index contributed by atoms with van der Waals surface area (Å²) in [4.78, 5) is 3.93. The van der Waals surface area contributed by atoms with E-state index < -0.39 is 6.55 Å². The van der Waals surface area contributed by atoms with Crippen molar-refractivity contribution in [2.45, 2.75) is 13.5 Å². The molecular weight excluding hydrogens is 200 g/mol. The van der Waals surface area contributed by atoms with Crippen LogP contribution >= 0.6 is 0 Å². The van der Waals surface area contributed by atoms with Gasteiger partial charge in [0.2, 0.25) is 0 Å². The zero-order valence-electron chi connectivity index (χ0n) is 8.06. The molecule has 0 aliphatic carbocycles. The van der Waals surface area contributed by atoms with E-state index in [2.05, 4.69) is 10.1 Å². The molecule has 2 aromatic heterocycles. The van der Waals surface area contributed by atoms with Gasteiger partial charge in [0.15, 0.2) is 0 Å². The molecule has 0 bridgehead atoms. The number of aryl methyl sites for hydroxylation is 1. The molecule has 0 saturated carbocycles. The highest BCUT2D eigenvalue weighted by atomic mass is 19.3. The summed E-state index contributed by atoms with van der Waals surface area (Å²) < 4.78 is 25.4. The predicted molar refractivity (Wildman–Crippen MR) is 51.4 cm³/mol. The summed E-state index contributed by atoms with van der Waals surface area (Å²) in [5.41, 5.74) is 2.05. The Hall–Kier alpha value is -1.78. The fourth-order valence-electron chi connectivity index (χ4n) is 1.39. The first-order valence-electron chi connectivity index (χ1n) is 4.43. The molecule has 0 aromatic carbocycles. The van der Waals surface area contributed by atoms with E-state index in [-0.39, 0.29) is 0 Å². The van der Waals surface area contributed by atoms with Crippen LogP contribution in [0.25, 0.3) is 11.1 Å². The number of rotatable bonds is 2. The van der Waals surface area contributed by atoms with Crippen LogP contribution in [0.1, 0.15) is 12.2 Å². The van der Waals surface area contributed by atoms with Gasteiger partial charge in [-0.3, -0.25) is 4.98 Å². The van der Waals surface area contributed by atoms with Crippen molar-refractivity contribution in [3.05, 3.63) is 36.4 Å². The number of pyridine rings is 1. The molecule has 0 radical (unpaired) electrons. The fraction of sp³-hybridized carbons (Fsp3) is 0.200. The maximum absolute atomic E-state index is 12.4. The lowest BCUT2D eigenvalue weighted by Gasteiger charge is -1.96. The van der Waals surface area contributed by atoms with Gasteiger partial charge in [-0.25, -0.2) is 4.68 Å². The van der Waals surface area contributed by atoms with Crippen LogP contribution in [-0.4, -0.2) is 14.8 Å². The lowest BCUT2D eigenvalue weighted by atomic mass is 10.1.